The van der Waals surface area contributed by atoms with Crippen LogP contribution in [0.4, 0.5) is 0 Å². The molecule has 0 aromatic rings. The van der Waals surface area contributed by atoms with E-state index in [4.69, 9.17) is 11.2 Å². The third kappa shape index (κ3) is 1.34. The molecular weight excluding hydrogens is 112 g/mol. The Bertz CT molecular complexity index is 152. The lowest BCUT2D eigenvalue weighted by molar-refractivity contribution is 0.0885. The lowest BCUT2D eigenvalue weighted by Gasteiger charge is -2.19. The van der Waals surface area contributed by atoms with Crippen molar-refractivity contribution in [2.24, 2.45) is 0 Å². The summed E-state index contributed by atoms with van der Waals surface area (Å²) in [4.78, 5) is 0. The van der Waals surface area contributed by atoms with Gasteiger partial charge in [-0.1, -0.05) is 12.5 Å². The second-order valence-corrected chi connectivity index (χ2v) is 2.18. The normalized spacial score (nSPS) is 27.4. The van der Waals surface area contributed by atoms with Gasteiger partial charge < -0.3 is 4.74 Å². The molecule has 48 valence electrons. The molecule has 0 bridgehead atoms. The molecule has 1 atom stereocenters. The van der Waals surface area contributed by atoms with Crippen LogP contribution in [0.5, 0.6) is 0 Å². The Labute approximate surface area is 55.7 Å². The van der Waals surface area contributed by atoms with Crippen molar-refractivity contribution in [2.45, 2.75) is 18.9 Å². The monoisotopic (exact) mass is 122 g/mol. The van der Waals surface area contributed by atoms with Gasteiger partial charge in [0.1, 0.15) is 6.10 Å². The summed E-state index contributed by atoms with van der Waals surface area (Å²) in [5.74, 6) is 2.53. The molecule has 1 heterocycles. The molecule has 0 amide bonds. The molecule has 9 heavy (non-hydrogen) atoms. The summed E-state index contributed by atoms with van der Waals surface area (Å²) in [7, 11) is 0. The molecular formula is C8H10O. The molecule has 1 rings (SSSR count). The van der Waals surface area contributed by atoms with Crippen molar-refractivity contribution in [3.8, 4) is 12.3 Å². The van der Waals surface area contributed by atoms with E-state index in [2.05, 4.69) is 12.5 Å². The van der Waals surface area contributed by atoms with E-state index in [1.165, 1.54) is 0 Å². The molecule has 0 aliphatic carbocycles. The van der Waals surface area contributed by atoms with E-state index in [1.807, 2.05) is 0 Å². The highest BCUT2D eigenvalue weighted by Gasteiger charge is 2.13. The van der Waals surface area contributed by atoms with Crippen molar-refractivity contribution in [3.05, 3.63) is 12.2 Å². The first-order chi connectivity index (χ1) is 4.34. The number of terminal acetylenes is 1. The maximum Gasteiger partial charge on any atom is 0.138 e. The third-order valence-corrected chi connectivity index (χ3v) is 1.45. The van der Waals surface area contributed by atoms with Crippen LogP contribution in [-0.4, -0.2) is 12.7 Å². The average molecular weight is 122 g/mol. The highest BCUT2D eigenvalue weighted by Crippen LogP contribution is 2.16. The predicted molar refractivity (Wildman–Crippen MR) is 36.9 cm³/mol. The zero-order valence-corrected chi connectivity index (χ0v) is 5.39. The quantitative estimate of drug-likeness (QED) is 0.348. The first-order valence-corrected chi connectivity index (χ1v) is 3.10. The van der Waals surface area contributed by atoms with Gasteiger partial charge in [-0.05, 0) is 18.4 Å². The molecule has 1 fully saturated rings. The fourth-order valence-electron chi connectivity index (χ4n) is 0.915. The van der Waals surface area contributed by atoms with Crippen molar-refractivity contribution in [1.29, 1.82) is 0 Å². The summed E-state index contributed by atoms with van der Waals surface area (Å²) in [6.07, 6.45) is 7.13. The zero-order valence-electron chi connectivity index (χ0n) is 5.39. The zero-order chi connectivity index (χ0) is 6.69. The molecule has 1 unspecified atom stereocenters. The second kappa shape index (κ2) is 2.70. The van der Waals surface area contributed by atoms with Crippen LogP contribution in [0.25, 0.3) is 0 Å². The highest BCUT2D eigenvalue weighted by atomic mass is 16.5. The average Bonchev–Trinajstić information content (AvgIpc) is 1.89. The van der Waals surface area contributed by atoms with E-state index in [-0.39, 0.29) is 6.10 Å². The van der Waals surface area contributed by atoms with Crippen molar-refractivity contribution in [3.63, 3.8) is 0 Å². The van der Waals surface area contributed by atoms with Crippen LogP contribution in [0.3, 0.4) is 0 Å². The first-order valence-electron chi connectivity index (χ1n) is 3.10. The minimum absolute atomic E-state index is 0.112. The van der Waals surface area contributed by atoms with Crippen LogP contribution in [0, 0.1) is 12.3 Å². The fourth-order valence-corrected chi connectivity index (χ4v) is 0.915. The predicted octanol–water partition coefficient (Wildman–Crippen LogP) is 1.35. The van der Waals surface area contributed by atoms with E-state index in [0.717, 1.165) is 25.0 Å². The molecule has 0 saturated carbocycles. The Morgan fingerprint density at radius 3 is 3.00 bits per heavy atom. The second-order valence-electron chi connectivity index (χ2n) is 2.18. The van der Waals surface area contributed by atoms with Gasteiger partial charge in [0.05, 0.1) is 0 Å². The lowest BCUT2D eigenvalue weighted by Crippen LogP contribution is -2.19. The first kappa shape index (κ1) is 6.38. The molecule has 0 radical (unpaired) electrons. The number of hydrogen-bond donors (Lipinski definition) is 0. The largest absolute Gasteiger partial charge is 0.361 e. The summed E-state index contributed by atoms with van der Waals surface area (Å²) in [5, 5.41) is 0. The molecule has 1 heteroatoms. The van der Waals surface area contributed by atoms with Crippen LogP contribution >= 0.6 is 0 Å². The molecule has 0 N–H and O–H groups in total. The lowest BCUT2D eigenvalue weighted by atomic mass is 10.0. The number of ether oxygens (including phenoxy) is 1. The minimum atomic E-state index is -0.112. The van der Waals surface area contributed by atoms with Gasteiger partial charge in [-0.2, -0.15) is 0 Å². The maximum atomic E-state index is 5.20. The van der Waals surface area contributed by atoms with Crippen molar-refractivity contribution < 1.29 is 4.74 Å². The van der Waals surface area contributed by atoms with E-state index in [1.54, 1.807) is 0 Å². The van der Waals surface area contributed by atoms with Crippen LogP contribution in [-0.2, 0) is 4.74 Å². The summed E-state index contributed by atoms with van der Waals surface area (Å²) in [6.45, 7) is 4.58. The topological polar surface area (TPSA) is 9.23 Å². The van der Waals surface area contributed by atoms with Crippen molar-refractivity contribution in [1.82, 2.24) is 0 Å². The maximum absolute atomic E-state index is 5.20. The van der Waals surface area contributed by atoms with Crippen molar-refractivity contribution in [2.75, 3.05) is 6.61 Å². The van der Waals surface area contributed by atoms with Crippen LogP contribution in [0.15, 0.2) is 12.2 Å². The summed E-state index contributed by atoms with van der Waals surface area (Å²) in [5.41, 5.74) is 1.05. The van der Waals surface area contributed by atoms with Gasteiger partial charge in [0.25, 0.3) is 0 Å². The third-order valence-electron chi connectivity index (χ3n) is 1.45. The Morgan fingerprint density at radius 2 is 2.56 bits per heavy atom. The Kier molecular flexibility index (Phi) is 1.92. The van der Waals surface area contributed by atoms with Gasteiger partial charge in [-0.25, -0.2) is 0 Å². The summed E-state index contributed by atoms with van der Waals surface area (Å²) in [6, 6.07) is 0. The molecule has 1 aliphatic rings. The fraction of sp³-hybridized carbons (Fsp3) is 0.500. The van der Waals surface area contributed by atoms with Gasteiger partial charge in [-0.15, -0.1) is 6.42 Å². The smallest absolute Gasteiger partial charge is 0.138 e. The van der Waals surface area contributed by atoms with Crippen LogP contribution in [0.1, 0.15) is 12.8 Å². The minimum Gasteiger partial charge on any atom is -0.361 e. The van der Waals surface area contributed by atoms with Gasteiger partial charge in [-0.3, -0.25) is 0 Å². The van der Waals surface area contributed by atoms with Crippen LogP contribution in [0.2, 0.25) is 0 Å². The summed E-state index contributed by atoms with van der Waals surface area (Å²) < 4.78 is 5.20. The Hall–Kier alpha value is -0.740. The number of rotatable bonds is 0. The van der Waals surface area contributed by atoms with Gasteiger partial charge in [0, 0.05) is 6.61 Å². The van der Waals surface area contributed by atoms with Crippen LogP contribution < -0.4 is 0 Å². The Balaban J connectivity index is 2.51. The SMILES string of the molecule is C#CC1OCCCC1=C. The molecule has 1 saturated heterocycles. The van der Waals surface area contributed by atoms with Gasteiger partial charge >= 0.3 is 0 Å². The highest BCUT2D eigenvalue weighted by molar-refractivity contribution is 5.17. The van der Waals surface area contributed by atoms with E-state index in [9.17, 15) is 0 Å². The molecule has 0 spiro atoms. The molecule has 1 nitrogen and oxygen atoms in total. The van der Waals surface area contributed by atoms with E-state index < -0.39 is 0 Å². The molecule has 0 aromatic heterocycles. The summed E-state index contributed by atoms with van der Waals surface area (Å²) >= 11 is 0. The standard InChI is InChI=1S/C8H10O/c1-3-8-7(2)5-4-6-9-8/h1,8H,2,4-6H2. The van der Waals surface area contributed by atoms with Gasteiger partial charge in [0.15, 0.2) is 0 Å². The van der Waals surface area contributed by atoms with E-state index >= 15 is 0 Å². The molecule has 1 aliphatic heterocycles. The Morgan fingerprint density at radius 1 is 1.78 bits per heavy atom. The van der Waals surface area contributed by atoms with E-state index in [0.29, 0.717) is 0 Å². The molecule has 0 aromatic carbocycles. The number of hydrogen-bond acceptors (Lipinski definition) is 1. The van der Waals surface area contributed by atoms with Crippen molar-refractivity contribution >= 4 is 0 Å². The van der Waals surface area contributed by atoms with Gasteiger partial charge in [0.2, 0.25) is 0 Å².